The molecule has 0 saturated heterocycles. The van der Waals surface area contributed by atoms with Gasteiger partial charge >= 0.3 is 5.97 Å². The molecule has 3 aliphatic rings. The molecule has 5 heteroatoms. The summed E-state index contributed by atoms with van der Waals surface area (Å²) < 4.78 is 11.0. The lowest BCUT2D eigenvalue weighted by Crippen LogP contribution is -2.61. The zero-order chi connectivity index (χ0) is 15.6. The predicted octanol–water partition coefficient (Wildman–Crippen LogP) is 1.38. The Hall–Kier alpha value is -0.910. The molecular weight excluding hydrogens is 272 g/mol. The molecule has 2 saturated carbocycles. The lowest BCUT2D eigenvalue weighted by Gasteiger charge is -2.57. The number of rotatable bonds is 1. The third-order valence-corrected chi connectivity index (χ3v) is 6.23. The number of aliphatic hydroxyl groups is 2. The highest BCUT2D eigenvalue weighted by Crippen LogP contribution is 2.60. The summed E-state index contributed by atoms with van der Waals surface area (Å²) in [6, 6.07) is 0. The zero-order valence-corrected chi connectivity index (χ0v) is 13.0. The topological polar surface area (TPSA) is 76.0 Å². The number of fused-ring (bicyclic) bond motifs is 2. The van der Waals surface area contributed by atoms with Crippen LogP contribution >= 0.6 is 0 Å². The van der Waals surface area contributed by atoms with Gasteiger partial charge < -0.3 is 19.7 Å². The number of methoxy groups -OCH3 is 1. The first-order valence-corrected chi connectivity index (χ1v) is 7.63. The Balaban J connectivity index is 2.14. The van der Waals surface area contributed by atoms with E-state index in [4.69, 9.17) is 9.47 Å². The maximum absolute atomic E-state index is 11.9. The van der Waals surface area contributed by atoms with Gasteiger partial charge in [-0.3, -0.25) is 0 Å². The number of hydrogen-bond donors (Lipinski definition) is 2. The third kappa shape index (κ3) is 1.77. The van der Waals surface area contributed by atoms with E-state index in [1.54, 1.807) is 14.0 Å². The maximum atomic E-state index is 11.9. The average Bonchev–Trinajstić information content (AvgIpc) is 2.65. The van der Waals surface area contributed by atoms with Crippen LogP contribution in [0.15, 0.2) is 11.1 Å². The van der Waals surface area contributed by atoms with Gasteiger partial charge in [0.1, 0.15) is 0 Å². The Kier molecular flexibility index (Phi) is 3.24. The van der Waals surface area contributed by atoms with E-state index in [1.807, 2.05) is 6.92 Å². The molecule has 3 rings (SSSR count). The molecule has 1 aliphatic heterocycles. The van der Waals surface area contributed by atoms with Gasteiger partial charge in [0.2, 0.25) is 5.79 Å². The number of carbonyl (C=O) groups is 1. The largest absolute Gasteiger partial charge is 0.426 e. The van der Waals surface area contributed by atoms with E-state index in [9.17, 15) is 15.0 Å². The van der Waals surface area contributed by atoms with Crippen molar-refractivity contribution in [2.24, 2.45) is 17.3 Å². The molecule has 0 aromatic rings. The van der Waals surface area contributed by atoms with Gasteiger partial charge in [-0.1, -0.05) is 13.8 Å². The molecule has 2 aliphatic carbocycles. The lowest BCUT2D eigenvalue weighted by atomic mass is 9.51. The molecule has 6 atom stereocenters. The van der Waals surface area contributed by atoms with Gasteiger partial charge in [0.25, 0.3) is 0 Å². The average molecular weight is 296 g/mol. The van der Waals surface area contributed by atoms with Crippen LogP contribution in [0.3, 0.4) is 0 Å². The number of carbonyl (C=O) groups excluding carboxylic acids is 1. The van der Waals surface area contributed by atoms with Crippen LogP contribution in [0.4, 0.5) is 0 Å². The molecule has 21 heavy (non-hydrogen) atoms. The Morgan fingerprint density at radius 2 is 2.05 bits per heavy atom. The van der Waals surface area contributed by atoms with Crippen LogP contribution in [0.1, 0.15) is 40.0 Å². The second kappa shape index (κ2) is 4.54. The molecular formula is C16H24O5. The van der Waals surface area contributed by atoms with E-state index >= 15 is 0 Å². The van der Waals surface area contributed by atoms with Crippen LogP contribution in [-0.2, 0) is 14.3 Å². The first-order valence-electron chi connectivity index (χ1n) is 7.63. The van der Waals surface area contributed by atoms with Gasteiger partial charge in [-0.2, -0.15) is 0 Å². The highest BCUT2D eigenvalue weighted by atomic mass is 16.7. The van der Waals surface area contributed by atoms with Crippen LogP contribution in [0.2, 0.25) is 0 Å². The van der Waals surface area contributed by atoms with Crippen molar-refractivity contribution in [3.63, 3.8) is 0 Å². The summed E-state index contributed by atoms with van der Waals surface area (Å²) in [4.78, 5) is 11.9. The van der Waals surface area contributed by atoms with Crippen molar-refractivity contribution in [2.75, 3.05) is 7.11 Å². The van der Waals surface area contributed by atoms with Crippen molar-refractivity contribution in [2.45, 2.75) is 58.0 Å². The second-order valence-electron chi connectivity index (χ2n) is 7.03. The van der Waals surface area contributed by atoms with Crippen LogP contribution in [0, 0.1) is 17.3 Å². The smallest absolute Gasteiger partial charge is 0.336 e. The summed E-state index contributed by atoms with van der Waals surface area (Å²) in [6.45, 7) is 5.80. The number of esters is 1. The van der Waals surface area contributed by atoms with Crippen molar-refractivity contribution in [3.05, 3.63) is 11.1 Å². The second-order valence-corrected chi connectivity index (χ2v) is 7.03. The highest BCUT2D eigenvalue weighted by Gasteiger charge is 2.64. The summed E-state index contributed by atoms with van der Waals surface area (Å²) in [6.07, 6.45) is 1.10. The van der Waals surface area contributed by atoms with Crippen LogP contribution < -0.4 is 0 Å². The summed E-state index contributed by atoms with van der Waals surface area (Å²) in [5.41, 5.74) is 0.675. The normalized spacial score (nSPS) is 49.7. The van der Waals surface area contributed by atoms with E-state index in [0.29, 0.717) is 24.0 Å². The molecule has 0 radical (unpaired) electrons. The fourth-order valence-electron chi connectivity index (χ4n) is 4.75. The molecule has 118 valence electrons. The molecule has 0 bridgehead atoms. The van der Waals surface area contributed by atoms with Crippen molar-refractivity contribution in [1.29, 1.82) is 0 Å². The molecule has 2 N–H and O–H groups in total. The van der Waals surface area contributed by atoms with Gasteiger partial charge in [-0.05, 0) is 31.6 Å². The van der Waals surface area contributed by atoms with Gasteiger partial charge in [-0.25, -0.2) is 4.79 Å². The molecule has 0 amide bonds. The lowest BCUT2D eigenvalue weighted by molar-refractivity contribution is -0.231. The van der Waals surface area contributed by atoms with Crippen molar-refractivity contribution < 1.29 is 24.5 Å². The molecule has 5 nitrogen and oxygen atoms in total. The Bertz CT molecular complexity index is 513. The van der Waals surface area contributed by atoms with Gasteiger partial charge in [0, 0.05) is 30.1 Å². The fraction of sp³-hybridized carbons (Fsp3) is 0.812. The minimum atomic E-state index is -1.53. The zero-order valence-electron chi connectivity index (χ0n) is 13.0. The summed E-state index contributed by atoms with van der Waals surface area (Å²) in [7, 11) is 1.59. The summed E-state index contributed by atoms with van der Waals surface area (Å²) in [5, 5.41) is 21.1. The van der Waals surface area contributed by atoms with Gasteiger partial charge in [-0.15, -0.1) is 0 Å². The van der Waals surface area contributed by atoms with Crippen molar-refractivity contribution in [3.8, 4) is 0 Å². The van der Waals surface area contributed by atoms with Crippen molar-refractivity contribution in [1.82, 2.24) is 0 Å². The van der Waals surface area contributed by atoms with E-state index in [1.165, 1.54) is 0 Å². The van der Waals surface area contributed by atoms with Gasteiger partial charge in [0.05, 0.1) is 12.2 Å². The van der Waals surface area contributed by atoms with Crippen molar-refractivity contribution >= 4 is 5.97 Å². The monoisotopic (exact) mass is 296 g/mol. The first kappa shape index (κ1) is 15.0. The first-order chi connectivity index (χ1) is 9.75. The minimum Gasteiger partial charge on any atom is -0.426 e. The standard InChI is InChI=1S/C16H24O5/c1-8-12-13(20-4)15(3)9(2)11(17)6-5-10(15)7-16(12,19)21-14(8)18/h9-11,13,17,19H,5-7H2,1-4H3/t9-,10+,11-,13+,15+,16+/m0/s1. The Morgan fingerprint density at radius 1 is 1.38 bits per heavy atom. The SMILES string of the molecule is CO[C@@H]1C2=C(C)C(=O)O[C@]2(O)C[C@H]2CC[C@H](O)[C@H](C)[C@]21C. The molecule has 0 unspecified atom stereocenters. The number of ether oxygens (including phenoxy) is 2. The molecule has 0 aromatic carbocycles. The maximum Gasteiger partial charge on any atom is 0.336 e. The van der Waals surface area contributed by atoms with Gasteiger partial charge in [0.15, 0.2) is 0 Å². The van der Waals surface area contributed by atoms with E-state index in [-0.39, 0.29) is 23.4 Å². The molecule has 2 fully saturated rings. The van der Waals surface area contributed by atoms with Crippen LogP contribution in [-0.4, -0.2) is 41.3 Å². The van der Waals surface area contributed by atoms with E-state index in [2.05, 4.69) is 6.92 Å². The summed E-state index contributed by atoms with van der Waals surface area (Å²) in [5.74, 6) is -1.83. The van der Waals surface area contributed by atoms with E-state index in [0.717, 1.165) is 6.42 Å². The molecule has 0 spiro atoms. The van der Waals surface area contributed by atoms with E-state index < -0.39 is 17.9 Å². The van der Waals surface area contributed by atoms with Crippen LogP contribution in [0.5, 0.6) is 0 Å². The third-order valence-electron chi connectivity index (χ3n) is 6.23. The molecule has 0 aromatic heterocycles. The minimum absolute atomic E-state index is 0.0294. The Labute approximate surface area is 124 Å². The fourth-order valence-corrected chi connectivity index (χ4v) is 4.75. The number of hydrogen-bond acceptors (Lipinski definition) is 5. The van der Waals surface area contributed by atoms with Crippen LogP contribution in [0.25, 0.3) is 0 Å². The summed E-state index contributed by atoms with van der Waals surface area (Å²) >= 11 is 0. The highest BCUT2D eigenvalue weighted by molar-refractivity contribution is 5.92. The quantitative estimate of drug-likeness (QED) is 0.715. The number of aliphatic hydroxyl groups excluding tert-OH is 1. The molecule has 1 heterocycles. The Morgan fingerprint density at radius 3 is 2.67 bits per heavy atom. The predicted molar refractivity (Wildman–Crippen MR) is 75.2 cm³/mol.